The smallest absolute Gasteiger partial charge is 0.303 e. The predicted molar refractivity (Wildman–Crippen MR) is 90.4 cm³/mol. The molecule has 0 amide bonds. The zero-order valence-corrected chi connectivity index (χ0v) is 14.3. The summed E-state index contributed by atoms with van der Waals surface area (Å²) in [5, 5.41) is 9.62. The molecular weight excluding hydrogens is 312 g/mol. The van der Waals surface area contributed by atoms with Gasteiger partial charge in [0.1, 0.15) is 0 Å². The minimum Gasteiger partial charge on any atom is -0.481 e. The predicted octanol–water partition coefficient (Wildman–Crippen LogP) is 3.98. The van der Waals surface area contributed by atoms with E-state index in [4.69, 9.17) is 16.7 Å². The third-order valence-electron chi connectivity index (χ3n) is 5.72. The largest absolute Gasteiger partial charge is 0.481 e. The lowest BCUT2D eigenvalue weighted by molar-refractivity contribution is -0.138. The second-order valence-electron chi connectivity index (χ2n) is 7.29. The van der Waals surface area contributed by atoms with Gasteiger partial charge in [0.05, 0.1) is 10.7 Å². The molecule has 1 saturated heterocycles. The summed E-state index contributed by atoms with van der Waals surface area (Å²) in [5.74, 6) is -0.245. The van der Waals surface area contributed by atoms with E-state index in [2.05, 4.69) is 9.88 Å². The van der Waals surface area contributed by atoms with E-state index in [1.165, 1.54) is 25.7 Å². The molecule has 2 fully saturated rings. The van der Waals surface area contributed by atoms with E-state index in [0.717, 1.165) is 38.2 Å². The fourth-order valence-corrected chi connectivity index (χ4v) is 4.27. The summed E-state index contributed by atoms with van der Waals surface area (Å²) in [6.45, 7) is 3.14. The van der Waals surface area contributed by atoms with E-state index in [9.17, 15) is 4.79 Å². The van der Waals surface area contributed by atoms with Gasteiger partial charge in [0.15, 0.2) is 0 Å². The van der Waals surface area contributed by atoms with Gasteiger partial charge in [0.25, 0.3) is 0 Å². The van der Waals surface area contributed by atoms with Crippen LogP contribution in [0.4, 0.5) is 0 Å². The molecule has 0 unspecified atom stereocenters. The van der Waals surface area contributed by atoms with Crippen LogP contribution in [0.25, 0.3) is 0 Å². The Morgan fingerprint density at radius 3 is 2.52 bits per heavy atom. The van der Waals surface area contributed by atoms with Crippen molar-refractivity contribution in [1.29, 1.82) is 0 Å². The molecule has 5 heteroatoms. The van der Waals surface area contributed by atoms with E-state index >= 15 is 0 Å². The Labute approximate surface area is 142 Å². The van der Waals surface area contributed by atoms with Crippen LogP contribution in [0.5, 0.6) is 0 Å². The van der Waals surface area contributed by atoms with Crippen molar-refractivity contribution in [1.82, 2.24) is 9.88 Å². The van der Waals surface area contributed by atoms with Gasteiger partial charge in [-0.25, -0.2) is 0 Å². The molecule has 3 rings (SSSR count). The molecule has 1 aromatic heterocycles. The van der Waals surface area contributed by atoms with Gasteiger partial charge in [-0.2, -0.15) is 0 Å². The molecular formula is C18H25ClN2O2. The lowest BCUT2D eigenvalue weighted by Crippen LogP contribution is -2.41. The number of piperidine rings is 1. The summed E-state index contributed by atoms with van der Waals surface area (Å²) < 4.78 is 0. The second-order valence-corrected chi connectivity index (χ2v) is 7.72. The van der Waals surface area contributed by atoms with E-state index in [0.29, 0.717) is 22.8 Å². The fourth-order valence-electron chi connectivity index (χ4n) is 4.16. The summed E-state index contributed by atoms with van der Waals surface area (Å²) in [6.07, 6.45) is 9.13. The minimum absolute atomic E-state index is 0.352. The van der Waals surface area contributed by atoms with Crippen LogP contribution in [0.1, 0.15) is 50.6 Å². The standard InChI is InChI=1S/C18H25ClN2O2/c19-15-1-2-16(20-12-15)13-21-9-7-18(8-10-21)5-3-14(4-6-18)11-17(22)23/h1-2,12,14H,3-11,13H2,(H,22,23). The SMILES string of the molecule is O=C(O)CC1CCC2(CC1)CCN(Cc1ccc(Cl)cn1)CC2. The second kappa shape index (κ2) is 7.18. The highest BCUT2D eigenvalue weighted by Crippen LogP contribution is 2.47. The Balaban J connectivity index is 1.47. The highest BCUT2D eigenvalue weighted by Gasteiger charge is 2.38. The normalized spacial score (nSPS) is 22.3. The Morgan fingerprint density at radius 1 is 1.26 bits per heavy atom. The Bertz CT molecular complexity index is 528. The van der Waals surface area contributed by atoms with Gasteiger partial charge in [0, 0.05) is 19.2 Å². The number of hydrogen-bond donors (Lipinski definition) is 1. The molecule has 1 N–H and O–H groups in total. The van der Waals surface area contributed by atoms with Crippen molar-refractivity contribution >= 4 is 17.6 Å². The van der Waals surface area contributed by atoms with Crippen LogP contribution in [0.2, 0.25) is 5.02 Å². The van der Waals surface area contributed by atoms with Crippen molar-refractivity contribution in [3.63, 3.8) is 0 Å². The number of nitrogens with zero attached hydrogens (tertiary/aromatic N) is 2. The molecule has 4 nitrogen and oxygen atoms in total. The van der Waals surface area contributed by atoms with Crippen LogP contribution in [0, 0.1) is 11.3 Å². The third kappa shape index (κ3) is 4.45. The molecule has 2 aliphatic rings. The lowest BCUT2D eigenvalue weighted by Gasteiger charge is -2.45. The first-order valence-electron chi connectivity index (χ1n) is 8.59. The topological polar surface area (TPSA) is 53.4 Å². The summed E-state index contributed by atoms with van der Waals surface area (Å²) in [6, 6.07) is 3.91. The first-order valence-corrected chi connectivity index (χ1v) is 8.97. The first-order chi connectivity index (χ1) is 11.0. The van der Waals surface area contributed by atoms with Crippen molar-refractivity contribution in [2.75, 3.05) is 13.1 Å². The highest BCUT2D eigenvalue weighted by molar-refractivity contribution is 6.30. The molecule has 1 aliphatic carbocycles. The highest BCUT2D eigenvalue weighted by atomic mass is 35.5. The Hall–Kier alpha value is -1.13. The maximum Gasteiger partial charge on any atom is 0.303 e. The Morgan fingerprint density at radius 2 is 1.96 bits per heavy atom. The van der Waals surface area contributed by atoms with Gasteiger partial charge in [-0.15, -0.1) is 0 Å². The molecule has 0 aromatic carbocycles. The van der Waals surface area contributed by atoms with Crippen LogP contribution in [-0.2, 0) is 11.3 Å². The van der Waals surface area contributed by atoms with Crippen LogP contribution in [0.3, 0.4) is 0 Å². The number of carboxylic acid groups (broad SMARTS) is 1. The molecule has 1 saturated carbocycles. The van der Waals surface area contributed by atoms with Gasteiger partial charge < -0.3 is 5.11 Å². The molecule has 0 radical (unpaired) electrons. The summed E-state index contributed by atoms with van der Waals surface area (Å²) in [4.78, 5) is 17.7. The maximum absolute atomic E-state index is 10.9. The van der Waals surface area contributed by atoms with E-state index in [-0.39, 0.29) is 0 Å². The molecule has 1 aliphatic heterocycles. The third-order valence-corrected chi connectivity index (χ3v) is 5.94. The fraction of sp³-hybridized carbons (Fsp3) is 0.667. The Kier molecular flexibility index (Phi) is 5.22. The monoisotopic (exact) mass is 336 g/mol. The van der Waals surface area contributed by atoms with Crippen LogP contribution in [0.15, 0.2) is 18.3 Å². The van der Waals surface area contributed by atoms with Gasteiger partial charge >= 0.3 is 5.97 Å². The number of carbonyl (C=O) groups is 1. The van der Waals surface area contributed by atoms with Gasteiger partial charge in [-0.05, 0) is 75.1 Å². The lowest BCUT2D eigenvalue weighted by atomic mass is 9.65. The molecule has 1 aromatic rings. The molecule has 126 valence electrons. The number of aromatic nitrogens is 1. The quantitative estimate of drug-likeness (QED) is 0.903. The molecule has 0 atom stereocenters. The summed E-state index contributed by atoms with van der Waals surface area (Å²) >= 11 is 5.88. The zero-order chi connectivity index (χ0) is 16.3. The van der Waals surface area contributed by atoms with Crippen molar-refractivity contribution in [3.8, 4) is 0 Å². The van der Waals surface area contributed by atoms with Crippen molar-refractivity contribution in [2.45, 2.75) is 51.5 Å². The molecule has 2 heterocycles. The van der Waals surface area contributed by atoms with Crippen molar-refractivity contribution in [3.05, 3.63) is 29.0 Å². The number of hydrogen-bond acceptors (Lipinski definition) is 3. The van der Waals surface area contributed by atoms with Gasteiger partial charge in [0.2, 0.25) is 0 Å². The summed E-state index contributed by atoms with van der Waals surface area (Å²) in [7, 11) is 0. The van der Waals surface area contributed by atoms with E-state index in [1.54, 1.807) is 6.20 Å². The van der Waals surface area contributed by atoms with Gasteiger partial charge in [-0.3, -0.25) is 14.7 Å². The number of halogens is 1. The number of rotatable bonds is 4. The average molecular weight is 337 g/mol. The molecule has 23 heavy (non-hydrogen) atoms. The van der Waals surface area contributed by atoms with Crippen LogP contribution < -0.4 is 0 Å². The summed E-state index contributed by atoms with van der Waals surface area (Å²) in [5.41, 5.74) is 1.55. The van der Waals surface area contributed by atoms with Crippen molar-refractivity contribution in [2.24, 2.45) is 11.3 Å². The minimum atomic E-state index is -0.642. The van der Waals surface area contributed by atoms with Crippen LogP contribution in [-0.4, -0.2) is 34.0 Å². The van der Waals surface area contributed by atoms with Crippen molar-refractivity contribution < 1.29 is 9.90 Å². The molecule has 1 spiro atoms. The van der Waals surface area contributed by atoms with Gasteiger partial charge in [-0.1, -0.05) is 11.6 Å². The number of likely N-dealkylation sites (tertiary alicyclic amines) is 1. The average Bonchev–Trinajstić information content (AvgIpc) is 2.54. The maximum atomic E-state index is 10.9. The van der Waals surface area contributed by atoms with E-state index in [1.807, 2.05) is 12.1 Å². The van der Waals surface area contributed by atoms with E-state index < -0.39 is 5.97 Å². The number of aliphatic carboxylic acids is 1. The molecule has 0 bridgehead atoms. The number of pyridine rings is 1. The zero-order valence-electron chi connectivity index (χ0n) is 13.5. The number of carboxylic acids is 1. The van der Waals surface area contributed by atoms with Crippen LogP contribution >= 0.6 is 11.6 Å². The first kappa shape index (κ1) is 16.7.